The molecule has 0 bridgehead atoms. The molecule has 1 heteroatoms. The molecule has 0 N–H and O–H groups in total. The van der Waals surface area contributed by atoms with Gasteiger partial charge in [0, 0.05) is 5.56 Å². The highest BCUT2D eigenvalue weighted by molar-refractivity contribution is 5.94. The lowest BCUT2D eigenvalue weighted by atomic mass is 10.0. The maximum atomic E-state index is 11.2. The fraction of sp³-hybridized carbons (Fsp3) is 0.133. The normalized spacial score (nSPS) is 10.1. The lowest BCUT2D eigenvalue weighted by Crippen LogP contribution is -1.94. The van der Waals surface area contributed by atoms with E-state index < -0.39 is 0 Å². The molecule has 1 radical (unpaired) electrons. The summed E-state index contributed by atoms with van der Waals surface area (Å²) in [5.41, 5.74) is 3.15. The highest BCUT2D eigenvalue weighted by Gasteiger charge is 2.01. The van der Waals surface area contributed by atoms with E-state index >= 15 is 0 Å². The van der Waals surface area contributed by atoms with Crippen molar-refractivity contribution in [3.05, 3.63) is 71.3 Å². The van der Waals surface area contributed by atoms with Gasteiger partial charge in [-0.1, -0.05) is 42.5 Å². The van der Waals surface area contributed by atoms with E-state index in [0.717, 1.165) is 17.5 Å². The van der Waals surface area contributed by atoms with Gasteiger partial charge in [-0.05, 0) is 36.6 Å². The summed E-state index contributed by atoms with van der Waals surface area (Å²) in [6, 6.07) is 18.7. The van der Waals surface area contributed by atoms with Crippen LogP contribution in [0.25, 0.3) is 0 Å². The molecule has 2 rings (SSSR count). The average molecular weight is 209 g/mol. The molecule has 0 saturated carbocycles. The Hall–Kier alpha value is -1.89. The summed E-state index contributed by atoms with van der Waals surface area (Å²) in [7, 11) is 0. The zero-order valence-corrected chi connectivity index (χ0v) is 9.23. The predicted octanol–water partition coefficient (Wildman–Crippen LogP) is 3.28. The Bertz CT molecular complexity index is 486. The molecule has 0 atom stereocenters. The van der Waals surface area contributed by atoms with Crippen LogP contribution < -0.4 is 0 Å². The first-order chi connectivity index (χ1) is 7.75. The third-order valence-corrected chi connectivity index (χ3v) is 2.51. The zero-order chi connectivity index (χ0) is 11.4. The first-order valence-corrected chi connectivity index (χ1v) is 5.30. The number of hydrogen-bond acceptors (Lipinski definition) is 1. The smallest absolute Gasteiger partial charge is 0.159 e. The molecule has 0 amide bonds. The van der Waals surface area contributed by atoms with E-state index in [1.54, 1.807) is 6.92 Å². The second-order valence-electron chi connectivity index (χ2n) is 3.85. The molecule has 0 fully saturated rings. The minimum atomic E-state index is 0.112. The van der Waals surface area contributed by atoms with Crippen LogP contribution in [0, 0.1) is 6.07 Å². The third-order valence-electron chi connectivity index (χ3n) is 2.51. The van der Waals surface area contributed by atoms with Crippen molar-refractivity contribution in [2.45, 2.75) is 13.3 Å². The van der Waals surface area contributed by atoms with Gasteiger partial charge >= 0.3 is 0 Å². The summed E-state index contributed by atoms with van der Waals surface area (Å²) in [6.07, 6.45) is 0.846. The van der Waals surface area contributed by atoms with E-state index in [-0.39, 0.29) is 5.78 Å². The Morgan fingerprint density at radius 3 is 2.69 bits per heavy atom. The number of benzene rings is 2. The number of ketones is 1. The molecule has 0 unspecified atom stereocenters. The van der Waals surface area contributed by atoms with E-state index in [0.29, 0.717) is 0 Å². The second-order valence-corrected chi connectivity index (χ2v) is 3.85. The van der Waals surface area contributed by atoms with Crippen molar-refractivity contribution in [3.8, 4) is 0 Å². The van der Waals surface area contributed by atoms with Gasteiger partial charge in [0.2, 0.25) is 0 Å². The van der Waals surface area contributed by atoms with E-state index in [1.807, 2.05) is 42.5 Å². The van der Waals surface area contributed by atoms with Crippen molar-refractivity contribution in [2.24, 2.45) is 0 Å². The fourth-order valence-electron chi connectivity index (χ4n) is 1.68. The van der Waals surface area contributed by atoms with Crippen LogP contribution in [0.15, 0.2) is 48.5 Å². The van der Waals surface area contributed by atoms with Crippen LogP contribution in [0.1, 0.15) is 28.4 Å². The highest BCUT2D eigenvalue weighted by atomic mass is 16.1. The molecule has 0 saturated heterocycles. The van der Waals surface area contributed by atoms with E-state index in [4.69, 9.17) is 0 Å². The van der Waals surface area contributed by atoms with E-state index in [1.165, 1.54) is 5.56 Å². The van der Waals surface area contributed by atoms with Gasteiger partial charge in [-0.3, -0.25) is 4.79 Å². The molecule has 0 aliphatic rings. The molecule has 1 nitrogen and oxygen atoms in total. The van der Waals surface area contributed by atoms with Gasteiger partial charge in [0.25, 0.3) is 0 Å². The van der Waals surface area contributed by atoms with Crippen molar-refractivity contribution >= 4 is 5.78 Å². The maximum Gasteiger partial charge on any atom is 0.159 e. The van der Waals surface area contributed by atoms with Crippen molar-refractivity contribution < 1.29 is 4.79 Å². The number of carbonyl (C=O) groups excluding carboxylic acids is 1. The summed E-state index contributed by atoms with van der Waals surface area (Å²) >= 11 is 0. The average Bonchev–Trinajstić information content (AvgIpc) is 2.30. The Labute approximate surface area is 95.7 Å². The van der Waals surface area contributed by atoms with Crippen LogP contribution in [-0.4, -0.2) is 5.78 Å². The van der Waals surface area contributed by atoms with Gasteiger partial charge < -0.3 is 0 Å². The Morgan fingerprint density at radius 1 is 1.19 bits per heavy atom. The molecule has 0 aromatic heterocycles. The molecular formula is C15H13O. The molecule has 0 aliphatic heterocycles. The third kappa shape index (κ3) is 2.57. The summed E-state index contributed by atoms with van der Waals surface area (Å²) in [5.74, 6) is 0.112. The molecule has 0 aliphatic carbocycles. The Kier molecular flexibility index (Phi) is 3.16. The molecule has 79 valence electrons. The number of carbonyl (C=O) groups is 1. The molecule has 16 heavy (non-hydrogen) atoms. The van der Waals surface area contributed by atoms with Gasteiger partial charge in [-0.2, -0.15) is 0 Å². The minimum Gasteiger partial charge on any atom is -0.295 e. The molecule has 0 spiro atoms. The second kappa shape index (κ2) is 4.75. The molecule has 2 aromatic rings. The van der Waals surface area contributed by atoms with Crippen LogP contribution in [0.2, 0.25) is 0 Å². The SMILES string of the molecule is CC(=O)c1cccc(Cc2c[c]ccc2)c1. The van der Waals surface area contributed by atoms with Crippen LogP contribution in [0.4, 0.5) is 0 Å². The van der Waals surface area contributed by atoms with Gasteiger partial charge in [0.1, 0.15) is 0 Å². The van der Waals surface area contributed by atoms with Crippen molar-refractivity contribution in [1.82, 2.24) is 0 Å². The van der Waals surface area contributed by atoms with Gasteiger partial charge in [0.15, 0.2) is 5.78 Å². The summed E-state index contributed by atoms with van der Waals surface area (Å²) in [5, 5.41) is 0. The Morgan fingerprint density at radius 2 is 2.00 bits per heavy atom. The number of hydrogen-bond donors (Lipinski definition) is 0. The lowest BCUT2D eigenvalue weighted by molar-refractivity contribution is 0.101. The maximum absolute atomic E-state index is 11.2. The molecule has 2 aromatic carbocycles. The standard InChI is InChI=1S/C15H13O/c1-12(16)15-9-5-8-14(11-15)10-13-6-3-2-4-7-13/h2-3,5-9,11H,10H2,1H3. The number of rotatable bonds is 3. The topological polar surface area (TPSA) is 17.1 Å². The van der Waals surface area contributed by atoms with Gasteiger partial charge in [0.05, 0.1) is 0 Å². The Balaban J connectivity index is 2.22. The molecular weight excluding hydrogens is 196 g/mol. The van der Waals surface area contributed by atoms with E-state index in [2.05, 4.69) is 12.1 Å². The predicted molar refractivity (Wildman–Crippen MR) is 64.5 cm³/mol. The van der Waals surface area contributed by atoms with Crippen LogP contribution in [-0.2, 0) is 6.42 Å². The first kappa shape index (κ1) is 10.6. The van der Waals surface area contributed by atoms with Crippen molar-refractivity contribution in [1.29, 1.82) is 0 Å². The molecule has 0 heterocycles. The fourth-order valence-corrected chi connectivity index (χ4v) is 1.68. The summed E-state index contributed by atoms with van der Waals surface area (Å²) in [4.78, 5) is 11.2. The largest absolute Gasteiger partial charge is 0.295 e. The van der Waals surface area contributed by atoms with Crippen LogP contribution in [0.5, 0.6) is 0 Å². The summed E-state index contributed by atoms with van der Waals surface area (Å²) < 4.78 is 0. The monoisotopic (exact) mass is 209 g/mol. The van der Waals surface area contributed by atoms with Gasteiger partial charge in [-0.15, -0.1) is 0 Å². The first-order valence-electron chi connectivity index (χ1n) is 5.30. The quantitative estimate of drug-likeness (QED) is 0.709. The summed E-state index contributed by atoms with van der Waals surface area (Å²) in [6.45, 7) is 1.59. The van der Waals surface area contributed by atoms with Crippen molar-refractivity contribution in [3.63, 3.8) is 0 Å². The minimum absolute atomic E-state index is 0.112. The van der Waals surface area contributed by atoms with E-state index in [9.17, 15) is 4.79 Å². The van der Waals surface area contributed by atoms with Gasteiger partial charge in [-0.25, -0.2) is 0 Å². The highest BCUT2D eigenvalue weighted by Crippen LogP contribution is 2.11. The van der Waals surface area contributed by atoms with Crippen molar-refractivity contribution in [2.75, 3.05) is 0 Å². The zero-order valence-electron chi connectivity index (χ0n) is 9.23. The van der Waals surface area contributed by atoms with Crippen LogP contribution in [0.3, 0.4) is 0 Å². The number of Topliss-reactive ketones (excluding diaryl/α,β-unsaturated/α-hetero) is 1. The lowest BCUT2D eigenvalue weighted by Gasteiger charge is -2.03. The van der Waals surface area contributed by atoms with Crippen LogP contribution >= 0.6 is 0 Å².